The molecule has 1 aliphatic carbocycles. The summed E-state index contributed by atoms with van der Waals surface area (Å²) in [6.45, 7) is -0.588. The van der Waals surface area contributed by atoms with Crippen molar-refractivity contribution in [2.24, 2.45) is 5.92 Å². The summed E-state index contributed by atoms with van der Waals surface area (Å²) in [5.74, 6) is 0.473. The number of halogens is 2. The Labute approximate surface area is 139 Å². The molecule has 0 bridgehead atoms. The van der Waals surface area contributed by atoms with Gasteiger partial charge in [-0.3, -0.25) is 0 Å². The number of amides is 2. The molecule has 1 atom stereocenters. The molecule has 3 rings (SSSR count). The number of carbonyl (C=O) groups excluding carboxylic acids is 1. The molecule has 2 fully saturated rings. The summed E-state index contributed by atoms with van der Waals surface area (Å²) in [5, 5.41) is 2.83. The predicted octanol–water partition coefficient (Wildman–Crippen LogP) is 3.00. The molecular weight excluding hydrogens is 318 g/mol. The second-order valence-electron chi connectivity index (χ2n) is 6.26. The van der Waals surface area contributed by atoms with Crippen molar-refractivity contribution in [2.45, 2.75) is 38.5 Å². The maximum Gasteiger partial charge on any atom is 0.387 e. The van der Waals surface area contributed by atoms with Crippen molar-refractivity contribution in [3.63, 3.8) is 0 Å². The highest BCUT2D eigenvalue weighted by molar-refractivity contribution is 5.75. The molecule has 1 heterocycles. The minimum Gasteiger partial charge on any atom is -0.434 e. The molecule has 24 heavy (non-hydrogen) atoms. The molecule has 0 aromatic heterocycles. The number of urea groups is 1. The lowest BCUT2D eigenvalue weighted by atomic mass is 10.1. The molecule has 5 nitrogen and oxygen atoms in total. The van der Waals surface area contributed by atoms with Gasteiger partial charge in [0.2, 0.25) is 0 Å². The van der Waals surface area contributed by atoms with E-state index in [0.717, 1.165) is 25.9 Å². The summed E-state index contributed by atoms with van der Waals surface area (Å²) in [6.07, 6.45) is 3.01. The molecule has 132 valence electrons. The summed E-state index contributed by atoms with van der Waals surface area (Å²) in [7, 11) is 0. The fourth-order valence-corrected chi connectivity index (χ4v) is 2.92. The van der Waals surface area contributed by atoms with Gasteiger partial charge in [-0.15, -0.1) is 0 Å². The van der Waals surface area contributed by atoms with Crippen LogP contribution in [0.2, 0.25) is 0 Å². The van der Waals surface area contributed by atoms with Crippen LogP contribution in [0, 0.1) is 5.92 Å². The summed E-state index contributed by atoms with van der Waals surface area (Å²) < 4.78 is 34.7. The fourth-order valence-electron chi connectivity index (χ4n) is 2.92. The molecule has 2 aliphatic rings. The first-order valence-corrected chi connectivity index (χ1v) is 8.28. The van der Waals surface area contributed by atoms with E-state index in [0.29, 0.717) is 24.6 Å². The highest BCUT2D eigenvalue weighted by Crippen LogP contribution is 2.29. The van der Waals surface area contributed by atoms with E-state index in [2.05, 4.69) is 10.1 Å². The van der Waals surface area contributed by atoms with Crippen LogP contribution in [0.4, 0.5) is 13.6 Å². The second-order valence-corrected chi connectivity index (χ2v) is 6.26. The van der Waals surface area contributed by atoms with Crippen LogP contribution in [0.3, 0.4) is 0 Å². The van der Waals surface area contributed by atoms with E-state index in [9.17, 15) is 13.6 Å². The third kappa shape index (κ3) is 4.56. The van der Waals surface area contributed by atoms with Gasteiger partial charge in [-0.1, -0.05) is 18.2 Å². The summed E-state index contributed by atoms with van der Waals surface area (Å²) in [4.78, 5) is 14.4. The Kier molecular flexibility index (Phi) is 5.50. The molecule has 1 N–H and O–H groups in total. The zero-order valence-corrected chi connectivity index (χ0v) is 13.4. The van der Waals surface area contributed by atoms with Gasteiger partial charge in [-0.05, 0) is 25.3 Å². The SMILES string of the molecule is O=C(NCc1ccccc1OC(F)F)N(CC1CCOC1)C1CC1. The molecule has 1 aromatic rings. The molecule has 1 aliphatic heterocycles. The van der Waals surface area contributed by atoms with Crippen molar-refractivity contribution in [3.8, 4) is 5.75 Å². The van der Waals surface area contributed by atoms with E-state index in [-0.39, 0.29) is 24.4 Å². The van der Waals surface area contributed by atoms with Gasteiger partial charge in [0.25, 0.3) is 0 Å². The Morgan fingerprint density at radius 1 is 1.33 bits per heavy atom. The average molecular weight is 340 g/mol. The first-order chi connectivity index (χ1) is 11.6. The summed E-state index contributed by atoms with van der Waals surface area (Å²) in [5.41, 5.74) is 0.533. The van der Waals surface area contributed by atoms with Gasteiger partial charge >= 0.3 is 12.6 Å². The van der Waals surface area contributed by atoms with Crippen LogP contribution in [0.15, 0.2) is 24.3 Å². The molecule has 1 saturated heterocycles. The van der Waals surface area contributed by atoms with E-state index >= 15 is 0 Å². The number of para-hydroxylation sites is 1. The van der Waals surface area contributed by atoms with Gasteiger partial charge in [0.1, 0.15) is 5.75 Å². The number of alkyl halides is 2. The number of rotatable bonds is 7. The van der Waals surface area contributed by atoms with Crippen LogP contribution in [-0.2, 0) is 11.3 Å². The third-order valence-electron chi connectivity index (χ3n) is 4.35. The molecule has 0 spiro atoms. The normalized spacial score (nSPS) is 20.2. The van der Waals surface area contributed by atoms with E-state index in [1.807, 2.05) is 4.90 Å². The lowest BCUT2D eigenvalue weighted by molar-refractivity contribution is -0.0504. The first kappa shape index (κ1) is 17.0. The zero-order valence-electron chi connectivity index (χ0n) is 13.4. The van der Waals surface area contributed by atoms with E-state index in [4.69, 9.17) is 4.74 Å². The van der Waals surface area contributed by atoms with Gasteiger partial charge in [0.05, 0.1) is 6.61 Å². The average Bonchev–Trinajstić information content (AvgIpc) is 3.27. The van der Waals surface area contributed by atoms with Crippen molar-refractivity contribution in [3.05, 3.63) is 29.8 Å². The summed E-state index contributed by atoms with van der Waals surface area (Å²) in [6, 6.07) is 6.63. The molecule has 1 unspecified atom stereocenters. The number of ether oxygens (including phenoxy) is 2. The molecule has 0 radical (unpaired) electrons. The second kappa shape index (κ2) is 7.79. The van der Waals surface area contributed by atoms with Crippen molar-refractivity contribution in [1.82, 2.24) is 10.2 Å². The number of nitrogens with zero attached hydrogens (tertiary/aromatic N) is 1. The summed E-state index contributed by atoms with van der Waals surface area (Å²) >= 11 is 0. The molecule has 1 aromatic carbocycles. The topological polar surface area (TPSA) is 50.8 Å². The number of benzene rings is 1. The van der Waals surface area contributed by atoms with Gasteiger partial charge in [-0.25, -0.2) is 4.79 Å². The standard InChI is InChI=1S/C17H22F2N2O3/c18-16(19)24-15-4-2-1-3-13(15)9-20-17(22)21(14-5-6-14)10-12-7-8-23-11-12/h1-4,12,14,16H,5-11H2,(H,20,22). The maximum atomic E-state index is 12.5. The Hall–Kier alpha value is -1.89. The smallest absolute Gasteiger partial charge is 0.387 e. The quantitative estimate of drug-likeness (QED) is 0.830. The van der Waals surface area contributed by atoms with Crippen molar-refractivity contribution >= 4 is 6.03 Å². The zero-order chi connectivity index (χ0) is 16.9. The molecule has 2 amide bonds. The lowest BCUT2D eigenvalue weighted by Crippen LogP contribution is -2.43. The van der Waals surface area contributed by atoms with Gasteiger partial charge in [0, 0.05) is 37.2 Å². The van der Waals surface area contributed by atoms with Crippen LogP contribution in [0.25, 0.3) is 0 Å². The maximum absolute atomic E-state index is 12.5. The largest absolute Gasteiger partial charge is 0.434 e. The lowest BCUT2D eigenvalue weighted by Gasteiger charge is -2.25. The first-order valence-electron chi connectivity index (χ1n) is 8.28. The third-order valence-corrected chi connectivity index (χ3v) is 4.35. The Morgan fingerprint density at radius 3 is 2.79 bits per heavy atom. The van der Waals surface area contributed by atoms with Crippen molar-refractivity contribution < 1.29 is 23.0 Å². The van der Waals surface area contributed by atoms with Gasteiger partial charge < -0.3 is 19.7 Å². The number of hydrogen-bond donors (Lipinski definition) is 1. The molecule has 7 heteroatoms. The van der Waals surface area contributed by atoms with E-state index in [1.54, 1.807) is 18.2 Å². The van der Waals surface area contributed by atoms with Crippen molar-refractivity contribution in [1.29, 1.82) is 0 Å². The minimum atomic E-state index is -2.88. The van der Waals surface area contributed by atoms with Gasteiger partial charge in [0.15, 0.2) is 0 Å². The predicted molar refractivity (Wildman–Crippen MR) is 84.0 cm³/mol. The highest BCUT2D eigenvalue weighted by atomic mass is 19.3. The molecule has 1 saturated carbocycles. The van der Waals surface area contributed by atoms with Crippen LogP contribution < -0.4 is 10.1 Å². The van der Waals surface area contributed by atoms with Crippen LogP contribution >= 0.6 is 0 Å². The fraction of sp³-hybridized carbons (Fsp3) is 0.588. The monoisotopic (exact) mass is 340 g/mol. The number of hydrogen-bond acceptors (Lipinski definition) is 3. The number of nitrogens with one attached hydrogen (secondary N) is 1. The Balaban J connectivity index is 1.57. The van der Waals surface area contributed by atoms with Crippen LogP contribution in [0.5, 0.6) is 5.75 Å². The highest BCUT2D eigenvalue weighted by Gasteiger charge is 2.34. The van der Waals surface area contributed by atoms with Gasteiger partial charge in [-0.2, -0.15) is 8.78 Å². The molecular formula is C17H22F2N2O3. The van der Waals surface area contributed by atoms with Crippen molar-refractivity contribution in [2.75, 3.05) is 19.8 Å². The van der Waals surface area contributed by atoms with Crippen LogP contribution in [0.1, 0.15) is 24.8 Å². The Morgan fingerprint density at radius 2 is 2.12 bits per heavy atom. The van der Waals surface area contributed by atoms with E-state index in [1.165, 1.54) is 6.07 Å². The minimum absolute atomic E-state index is 0.0926. The van der Waals surface area contributed by atoms with Crippen LogP contribution in [-0.4, -0.2) is 43.3 Å². The van der Waals surface area contributed by atoms with E-state index < -0.39 is 6.61 Å². The Bertz CT molecular complexity index is 561. The number of carbonyl (C=O) groups is 1.